The number of amides is 2. The number of nitrogens with zero attached hydrogens (tertiary/aromatic N) is 2. The fourth-order valence-corrected chi connectivity index (χ4v) is 3.12. The summed E-state index contributed by atoms with van der Waals surface area (Å²) in [5, 5.41) is 2.47. The molecule has 1 aliphatic rings. The fraction of sp³-hybridized carbons (Fsp3) is 0.316. The molecule has 1 aromatic heterocycles. The van der Waals surface area contributed by atoms with Gasteiger partial charge >= 0.3 is 0 Å². The van der Waals surface area contributed by atoms with Crippen LogP contribution in [0.5, 0.6) is 0 Å². The Bertz CT molecular complexity index is 841. The molecule has 136 valence electrons. The van der Waals surface area contributed by atoms with Gasteiger partial charge in [0.2, 0.25) is 5.91 Å². The number of carbonyl (C=O) groups excluding carboxylic acids is 2. The Morgan fingerprint density at radius 1 is 1.23 bits per heavy atom. The molecule has 1 saturated heterocycles. The highest BCUT2D eigenvalue weighted by atomic mass is 19.2. The van der Waals surface area contributed by atoms with Gasteiger partial charge < -0.3 is 10.2 Å². The molecule has 1 unspecified atom stereocenters. The summed E-state index contributed by atoms with van der Waals surface area (Å²) in [6, 6.07) is 8.45. The number of nitrogens with one attached hydrogen (secondary N) is 1. The Morgan fingerprint density at radius 3 is 2.77 bits per heavy atom. The van der Waals surface area contributed by atoms with Gasteiger partial charge in [0.05, 0.1) is 18.3 Å². The van der Waals surface area contributed by atoms with Crippen LogP contribution in [0, 0.1) is 18.6 Å². The molecule has 1 aromatic carbocycles. The molecular weight excluding hydrogens is 340 g/mol. The second kappa shape index (κ2) is 7.59. The van der Waals surface area contributed by atoms with Crippen molar-refractivity contribution in [3.8, 4) is 0 Å². The summed E-state index contributed by atoms with van der Waals surface area (Å²) >= 11 is 0. The molecule has 1 fully saturated rings. The van der Waals surface area contributed by atoms with Crippen molar-refractivity contribution in [1.82, 2.24) is 15.2 Å². The number of hydrogen-bond acceptors (Lipinski definition) is 3. The van der Waals surface area contributed by atoms with Crippen LogP contribution in [0.3, 0.4) is 0 Å². The first-order valence-electron chi connectivity index (χ1n) is 8.42. The first-order valence-corrected chi connectivity index (χ1v) is 8.42. The molecule has 0 radical (unpaired) electrons. The first kappa shape index (κ1) is 18.0. The van der Waals surface area contributed by atoms with Crippen molar-refractivity contribution in [1.29, 1.82) is 0 Å². The topological polar surface area (TPSA) is 62.3 Å². The van der Waals surface area contributed by atoms with E-state index in [1.807, 2.05) is 25.1 Å². The number of benzene rings is 1. The number of carbonyl (C=O) groups is 2. The Balaban J connectivity index is 1.63. The summed E-state index contributed by atoms with van der Waals surface area (Å²) < 4.78 is 26.2. The van der Waals surface area contributed by atoms with E-state index in [1.54, 1.807) is 4.90 Å². The van der Waals surface area contributed by atoms with Gasteiger partial charge in [-0.25, -0.2) is 8.78 Å². The molecule has 3 rings (SSSR count). The minimum Gasteiger partial charge on any atom is -0.343 e. The van der Waals surface area contributed by atoms with Crippen LogP contribution in [0.15, 0.2) is 36.4 Å². The maximum atomic E-state index is 13.2. The zero-order valence-electron chi connectivity index (χ0n) is 14.3. The zero-order valence-corrected chi connectivity index (χ0v) is 14.3. The molecule has 0 spiro atoms. The lowest BCUT2D eigenvalue weighted by atomic mass is 10.1. The van der Waals surface area contributed by atoms with E-state index in [1.165, 1.54) is 6.07 Å². The highest BCUT2D eigenvalue weighted by Crippen LogP contribution is 2.30. The van der Waals surface area contributed by atoms with Crippen LogP contribution in [-0.2, 0) is 4.79 Å². The molecule has 1 atom stereocenters. The third-order valence-corrected chi connectivity index (χ3v) is 4.41. The monoisotopic (exact) mass is 359 g/mol. The van der Waals surface area contributed by atoms with Gasteiger partial charge in [-0.1, -0.05) is 6.07 Å². The van der Waals surface area contributed by atoms with E-state index in [9.17, 15) is 18.4 Å². The lowest BCUT2D eigenvalue weighted by Gasteiger charge is -2.24. The van der Waals surface area contributed by atoms with Crippen molar-refractivity contribution >= 4 is 11.8 Å². The summed E-state index contributed by atoms with van der Waals surface area (Å²) in [6.07, 6.45) is 1.68. The summed E-state index contributed by atoms with van der Waals surface area (Å²) in [6.45, 7) is 2.28. The van der Waals surface area contributed by atoms with Gasteiger partial charge in [0.1, 0.15) is 0 Å². The number of aromatic nitrogens is 1. The van der Waals surface area contributed by atoms with Crippen molar-refractivity contribution in [2.75, 3.05) is 13.1 Å². The second-order valence-corrected chi connectivity index (χ2v) is 6.26. The zero-order chi connectivity index (χ0) is 18.7. The van der Waals surface area contributed by atoms with Crippen LogP contribution >= 0.6 is 0 Å². The van der Waals surface area contributed by atoms with Gasteiger partial charge in [-0.3, -0.25) is 14.6 Å². The molecule has 2 aromatic rings. The third kappa shape index (κ3) is 3.87. The molecule has 7 heteroatoms. The van der Waals surface area contributed by atoms with E-state index in [0.717, 1.165) is 36.4 Å². The maximum absolute atomic E-state index is 13.2. The van der Waals surface area contributed by atoms with Crippen molar-refractivity contribution in [3.05, 3.63) is 65.0 Å². The Hall–Kier alpha value is -2.83. The lowest BCUT2D eigenvalue weighted by molar-refractivity contribution is -0.131. The first-order chi connectivity index (χ1) is 12.5. The minimum absolute atomic E-state index is 0.0324. The number of aryl methyl sites for hydroxylation is 1. The Kier molecular flexibility index (Phi) is 5.25. The van der Waals surface area contributed by atoms with Gasteiger partial charge in [0.25, 0.3) is 5.91 Å². The fourth-order valence-electron chi connectivity index (χ4n) is 3.12. The van der Waals surface area contributed by atoms with E-state index < -0.39 is 17.5 Å². The summed E-state index contributed by atoms with van der Waals surface area (Å²) in [4.78, 5) is 30.8. The minimum atomic E-state index is -1.10. The maximum Gasteiger partial charge on any atom is 0.251 e. The van der Waals surface area contributed by atoms with E-state index >= 15 is 0 Å². The number of likely N-dealkylation sites (tertiary alicyclic amines) is 1. The highest BCUT2D eigenvalue weighted by Gasteiger charge is 2.30. The van der Waals surface area contributed by atoms with Crippen LogP contribution in [0.1, 0.15) is 40.6 Å². The number of rotatable bonds is 4. The Morgan fingerprint density at radius 2 is 2.04 bits per heavy atom. The average Bonchev–Trinajstić information content (AvgIpc) is 3.11. The summed E-state index contributed by atoms with van der Waals surface area (Å²) in [5.74, 6) is -2.98. The molecule has 2 heterocycles. The largest absolute Gasteiger partial charge is 0.343 e. The van der Waals surface area contributed by atoms with Gasteiger partial charge in [0, 0.05) is 17.8 Å². The lowest BCUT2D eigenvalue weighted by Crippen LogP contribution is -2.40. The SMILES string of the molecule is Cc1cccc(C2CCCN2C(=O)CNC(=O)c2ccc(F)c(F)c2)n1. The van der Waals surface area contributed by atoms with Crippen LogP contribution in [0.4, 0.5) is 8.78 Å². The number of halogens is 2. The molecule has 26 heavy (non-hydrogen) atoms. The molecule has 1 aliphatic heterocycles. The molecule has 5 nitrogen and oxygen atoms in total. The highest BCUT2D eigenvalue weighted by molar-refractivity contribution is 5.96. The predicted molar refractivity (Wildman–Crippen MR) is 91.4 cm³/mol. The van der Waals surface area contributed by atoms with Crippen molar-refractivity contribution in [3.63, 3.8) is 0 Å². The predicted octanol–water partition coefficient (Wildman–Crippen LogP) is 2.76. The van der Waals surface area contributed by atoms with Gasteiger partial charge in [-0.2, -0.15) is 0 Å². The second-order valence-electron chi connectivity index (χ2n) is 6.26. The van der Waals surface area contributed by atoms with Gasteiger partial charge in [0.15, 0.2) is 11.6 Å². The molecule has 1 N–H and O–H groups in total. The normalized spacial score (nSPS) is 16.6. The van der Waals surface area contributed by atoms with Crippen LogP contribution in [0.25, 0.3) is 0 Å². The van der Waals surface area contributed by atoms with E-state index in [2.05, 4.69) is 10.3 Å². The molecular formula is C19H19F2N3O2. The number of pyridine rings is 1. The molecule has 0 bridgehead atoms. The van der Waals surface area contributed by atoms with E-state index in [0.29, 0.717) is 6.54 Å². The summed E-state index contributed by atoms with van der Waals surface area (Å²) in [5.41, 5.74) is 1.69. The summed E-state index contributed by atoms with van der Waals surface area (Å²) in [7, 11) is 0. The standard InChI is InChI=1S/C19H19F2N3O2/c1-12-4-2-5-16(23-12)17-6-3-9-24(17)18(25)11-22-19(26)13-7-8-14(20)15(21)10-13/h2,4-5,7-8,10,17H,3,6,9,11H2,1H3,(H,22,26). The van der Waals surface area contributed by atoms with Crippen LogP contribution in [-0.4, -0.2) is 34.8 Å². The van der Waals surface area contributed by atoms with Crippen molar-refractivity contribution in [2.45, 2.75) is 25.8 Å². The van der Waals surface area contributed by atoms with E-state index in [4.69, 9.17) is 0 Å². The molecule has 0 saturated carbocycles. The third-order valence-electron chi connectivity index (χ3n) is 4.41. The molecule has 0 aliphatic carbocycles. The van der Waals surface area contributed by atoms with Gasteiger partial charge in [-0.15, -0.1) is 0 Å². The van der Waals surface area contributed by atoms with Gasteiger partial charge in [-0.05, 0) is 50.1 Å². The van der Waals surface area contributed by atoms with Crippen LogP contribution in [0.2, 0.25) is 0 Å². The van der Waals surface area contributed by atoms with Crippen molar-refractivity contribution < 1.29 is 18.4 Å². The van der Waals surface area contributed by atoms with E-state index in [-0.39, 0.29) is 24.1 Å². The van der Waals surface area contributed by atoms with Crippen molar-refractivity contribution in [2.24, 2.45) is 0 Å². The molecule has 2 amide bonds. The average molecular weight is 359 g/mol. The quantitative estimate of drug-likeness (QED) is 0.913. The smallest absolute Gasteiger partial charge is 0.251 e. The number of hydrogen-bond donors (Lipinski definition) is 1. The van der Waals surface area contributed by atoms with Crippen LogP contribution < -0.4 is 5.32 Å². The Labute approximate surface area is 150 Å².